The Kier molecular flexibility index (Phi) is 2.42. The molecule has 0 unspecified atom stereocenters. The van der Waals surface area contributed by atoms with E-state index in [1.165, 1.54) is 0 Å². The number of aromatic carboxylic acids is 1. The molecule has 0 spiro atoms. The molecule has 1 aromatic rings. The highest BCUT2D eigenvalue weighted by Gasteiger charge is 2.32. The van der Waals surface area contributed by atoms with Gasteiger partial charge >= 0.3 is 5.97 Å². The second-order valence-electron chi connectivity index (χ2n) is 5.08. The molecule has 0 aromatic heterocycles. The molecule has 0 aliphatic heterocycles. The van der Waals surface area contributed by atoms with Crippen molar-refractivity contribution in [2.75, 3.05) is 0 Å². The Labute approximate surface area is 99.5 Å². The zero-order valence-corrected chi connectivity index (χ0v) is 9.63. The van der Waals surface area contributed by atoms with Crippen LogP contribution in [0.2, 0.25) is 0 Å². The zero-order valence-electron chi connectivity index (χ0n) is 9.63. The van der Waals surface area contributed by atoms with E-state index in [0.29, 0.717) is 12.0 Å². The highest BCUT2D eigenvalue weighted by molar-refractivity contribution is 5.90. The Morgan fingerprint density at radius 3 is 2.65 bits per heavy atom. The number of hydrogen-bond acceptors (Lipinski definition) is 1. The average Bonchev–Trinajstić information content (AvgIpc) is 3.11. The molecule has 17 heavy (non-hydrogen) atoms. The van der Waals surface area contributed by atoms with Crippen LogP contribution in [0, 0.1) is 5.82 Å². The molecular weight excluding hydrogens is 219 g/mol. The molecule has 90 valence electrons. The first-order valence-electron chi connectivity index (χ1n) is 6.26. The maximum Gasteiger partial charge on any atom is 0.338 e. The van der Waals surface area contributed by atoms with Crippen LogP contribution in [-0.2, 0) is 12.8 Å². The number of halogens is 1. The lowest BCUT2D eigenvalue weighted by atomic mass is 9.85. The summed E-state index contributed by atoms with van der Waals surface area (Å²) in [5.41, 5.74) is 2.40. The van der Waals surface area contributed by atoms with Crippen molar-refractivity contribution in [3.63, 3.8) is 0 Å². The Hall–Kier alpha value is -1.38. The second-order valence-corrected chi connectivity index (χ2v) is 5.08. The fraction of sp³-hybridized carbons (Fsp3) is 0.500. The van der Waals surface area contributed by atoms with Gasteiger partial charge in [0.05, 0.1) is 5.56 Å². The van der Waals surface area contributed by atoms with Crippen LogP contribution in [0.3, 0.4) is 0 Å². The summed E-state index contributed by atoms with van der Waals surface area (Å²) in [5.74, 6) is -1.32. The van der Waals surface area contributed by atoms with E-state index in [1.807, 2.05) is 6.07 Å². The summed E-state index contributed by atoms with van der Waals surface area (Å²) in [6.07, 6.45) is 5.65. The summed E-state index contributed by atoms with van der Waals surface area (Å²) in [5, 5.41) is 9.21. The minimum Gasteiger partial charge on any atom is -0.478 e. The summed E-state index contributed by atoms with van der Waals surface area (Å²) in [7, 11) is 0. The standard InChI is InChI=1S/C14H15FO2/c15-13-11(8-5-6-8)7-9-3-1-2-4-10(9)12(13)14(16)17/h7-8H,1-6H2,(H,16,17). The van der Waals surface area contributed by atoms with E-state index in [2.05, 4.69) is 0 Å². The van der Waals surface area contributed by atoms with Gasteiger partial charge in [-0.05, 0) is 61.1 Å². The third-order valence-corrected chi connectivity index (χ3v) is 3.85. The van der Waals surface area contributed by atoms with Crippen LogP contribution in [0.5, 0.6) is 0 Å². The highest BCUT2D eigenvalue weighted by Crippen LogP contribution is 2.43. The first-order valence-corrected chi connectivity index (χ1v) is 6.26. The van der Waals surface area contributed by atoms with Gasteiger partial charge < -0.3 is 5.11 Å². The Morgan fingerprint density at radius 1 is 1.29 bits per heavy atom. The van der Waals surface area contributed by atoms with Gasteiger partial charge in [-0.1, -0.05) is 6.07 Å². The minimum atomic E-state index is -1.11. The van der Waals surface area contributed by atoms with Crippen molar-refractivity contribution >= 4 is 5.97 Å². The van der Waals surface area contributed by atoms with Gasteiger partial charge in [-0.3, -0.25) is 0 Å². The van der Waals surface area contributed by atoms with Gasteiger partial charge in [-0.15, -0.1) is 0 Å². The Bertz CT molecular complexity index is 489. The van der Waals surface area contributed by atoms with Gasteiger partial charge in [0.25, 0.3) is 0 Å². The quantitative estimate of drug-likeness (QED) is 0.852. The van der Waals surface area contributed by atoms with E-state index in [9.17, 15) is 14.3 Å². The van der Waals surface area contributed by atoms with Gasteiger partial charge in [-0.25, -0.2) is 9.18 Å². The lowest BCUT2D eigenvalue weighted by Crippen LogP contribution is -2.14. The van der Waals surface area contributed by atoms with Crippen LogP contribution < -0.4 is 0 Å². The van der Waals surface area contributed by atoms with Crippen molar-refractivity contribution in [2.45, 2.75) is 44.4 Å². The number of carboxylic acids is 1. The molecule has 1 N–H and O–H groups in total. The van der Waals surface area contributed by atoms with Gasteiger partial charge in [0.2, 0.25) is 0 Å². The SMILES string of the molecule is O=C(O)c1c(F)c(C2CC2)cc2c1CCCC2. The third kappa shape index (κ3) is 1.74. The van der Waals surface area contributed by atoms with Crippen LogP contribution in [-0.4, -0.2) is 11.1 Å². The molecule has 0 saturated heterocycles. The minimum absolute atomic E-state index is 0.0518. The summed E-state index contributed by atoms with van der Waals surface area (Å²) < 4.78 is 14.2. The smallest absolute Gasteiger partial charge is 0.338 e. The molecule has 2 aliphatic rings. The topological polar surface area (TPSA) is 37.3 Å². The number of rotatable bonds is 2. The molecule has 0 bridgehead atoms. The lowest BCUT2D eigenvalue weighted by Gasteiger charge is -2.20. The van der Waals surface area contributed by atoms with Crippen molar-refractivity contribution in [3.05, 3.63) is 34.1 Å². The molecule has 1 saturated carbocycles. The lowest BCUT2D eigenvalue weighted by molar-refractivity contribution is 0.0690. The number of hydrogen-bond donors (Lipinski definition) is 1. The van der Waals surface area contributed by atoms with Crippen LogP contribution in [0.4, 0.5) is 4.39 Å². The van der Waals surface area contributed by atoms with Crippen molar-refractivity contribution in [2.24, 2.45) is 0 Å². The molecule has 2 nitrogen and oxygen atoms in total. The molecule has 0 radical (unpaired) electrons. The van der Waals surface area contributed by atoms with Gasteiger partial charge in [0.1, 0.15) is 5.82 Å². The molecular formula is C14H15FO2. The molecule has 0 atom stereocenters. The predicted molar refractivity (Wildman–Crippen MR) is 62.0 cm³/mol. The molecule has 0 heterocycles. The summed E-state index contributed by atoms with van der Waals surface area (Å²) in [6.45, 7) is 0. The molecule has 3 heteroatoms. The number of benzene rings is 1. The number of fused-ring (bicyclic) bond motifs is 1. The number of aryl methyl sites for hydroxylation is 1. The monoisotopic (exact) mass is 234 g/mol. The van der Waals surface area contributed by atoms with Gasteiger partial charge in [-0.2, -0.15) is 0 Å². The first-order chi connectivity index (χ1) is 8.18. The van der Waals surface area contributed by atoms with E-state index in [0.717, 1.165) is 43.2 Å². The fourth-order valence-corrected chi connectivity index (χ4v) is 2.82. The fourth-order valence-electron chi connectivity index (χ4n) is 2.82. The Morgan fingerprint density at radius 2 is 2.00 bits per heavy atom. The van der Waals surface area contributed by atoms with Gasteiger partial charge in [0.15, 0.2) is 0 Å². The molecule has 0 amide bonds. The maximum absolute atomic E-state index is 14.2. The predicted octanol–water partition coefficient (Wildman–Crippen LogP) is 3.28. The normalized spacial score (nSPS) is 18.9. The van der Waals surface area contributed by atoms with Crippen LogP contribution in [0.15, 0.2) is 6.07 Å². The van der Waals surface area contributed by atoms with Crippen LogP contribution in [0.25, 0.3) is 0 Å². The molecule has 1 fully saturated rings. The summed E-state index contributed by atoms with van der Waals surface area (Å²) in [4.78, 5) is 11.2. The molecule has 2 aliphatic carbocycles. The van der Waals surface area contributed by atoms with E-state index >= 15 is 0 Å². The second kappa shape index (κ2) is 3.83. The number of carbonyl (C=O) groups is 1. The van der Waals surface area contributed by atoms with Crippen LogP contribution in [0.1, 0.15) is 58.6 Å². The van der Waals surface area contributed by atoms with Crippen LogP contribution >= 0.6 is 0 Å². The average molecular weight is 234 g/mol. The zero-order chi connectivity index (χ0) is 12.0. The van der Waals surface area contributed by atoms with Crippen molar-refractivity contribution in [3.8, 4) is 0 Å². The summed E-state index contributed by atoms with van der Waals surface area (Å²) in [6, 6.07) is 1.92. The number of carboxylic acid groups (broad SMARTS) is 1. The van der Waals surface area contributed by atoms with Crippen molar-refractivity contribution in [1.29, 1.82) is 0 Å². The maximum atomic E-state index is 14.2. The van der Waals surface area contributed by atoms with E-state index < -0.39 is 11.8 Å². The summed E-state index contributed by atoms with van der Waals surface area (Å²) >= 11 is 0. The Balaban J connectivity index is 2.21. The molecule has 3 rings (SSSR count). The van der Waals surface area contributed by atoms with Crippen molar-refractivity contribution in [1.82, 2.24) is 0 Å². The first kappa shape index (κ1) is 10.8. The van der Waals surface area contributed by atoms with E-state index in [1.54, 1.807) is 0 Å². The van der Waals surface area contributed by atoms with E-state index in [4.69, 9.17) is 0 Å². The van der Waals surface area contributed by atoms with Crippen molar-refractivity contribution < 1.29 is 14.3 Å². The van der Waals surface area contributed by atoms with E-state index in [-0.39, 0.29) is 11.5 Å². The third-order valence-electron chi connectivity index (χ3n) is 3.85. The highest BCUT2D eigenvalue weighted by atomic mass is 19.1. The largest absolute Gasteiger partial charge is 0.478 e. The molecule has 1 aromatic carbocycles. The van der Waals surface area contributed by atoms with Gasteiger partial charge in [0, 0.05) is 0 Å².